The van der Waals surface area contributed by atoms with Crippen molar-refractivity contribution in [3.05, 3.63) is 35.9 Å². The summed E-state index contributed by atoms with van der Waals surface area (Å²) in [6, 6.07) is 9.66. The SMILES string of the molecule is CC1(C)O[C@@H](c2ccccc2)NC1=O. The van der Waals surface area contributed by atoms with Gasteiger partial charge in [-0.15, -0.1) is 0 Å². The fraction of sp³-hybridized carbons (Fsp3) is 0.364. The molecule has 1 heterocycles. The second kappa shape index (κ2) is 3.10. The van der Waals surface area contributed by atoms with Crippen molar-refractivity contribution in [2.75, 3.05) is 0 Å². The molecular formula is C11H13NO2. The average molecular weight is 191 g/mol. The van der Waals surface area contributed by atoms with E-state index >= 15 is 0 Å². The monoisotopic (exact) mass is 191 g/mol. The second-order valence-corrected chi connectivity index (χ2v) is 3.89. The molecule has 74 valence electrons. The van der Waals surface area contributed by atoms with Gasteiger partial charge >= 0.3 is 0 Å². The van der Waals surface area contributed by atoms with Crippen molar-refractivity contribution < 1.29 is 9.53 Å². The normalized spacial score (nSPS) is 24.7. The lowest BCUT2D eigenvalue weighted by Gasteiger charge is -2.15. The summed E-state index contributed by atoms with van der Waals surface area (Å²) in [5.41, 5.74) is 0.256. The van der Waals surface area contributed by atoms with E-state index in [1.54, 1.807) is 13.8 Å². The van der Waals surface area contributed by atoms with Crippen molar-refractivity contribution in [1.82, 2.24) is 5.32 Å². The number of ether oxygens (including phenoxy) is 1. The highest BCUT2D eigenvalue weighted by atomic mass is 16.5. The standard InChI is InChI=1S/C11H13NO2/c1-11(2)10(13)12-9(14-11)8-6-4-3-5-7-8/h3-7,9H,1-2H3,(H,12,13)/t9-/m0/s1. The molecule has 1 amide bonds. The number of nitrogens with one attached hydrogen (secondary N) is 1. The van der Waals surface area contributed by atoms with Gasteiger partial charge in [0, 0.05) is 5.56 Å². The van der Waals surface area contributed by atoms with Crippen LogP contribution in [0.1, 0.15) is 25.6 Å². The van der Waals surface area contributed by atoms with Crippen LogP contribution >= 0.6 is 0 Å². The molecule has 14 heavy (non-hydrogen) atoms. The van der Waals surface area contributed by atoms with Crippen LogP contribution in [0.2, 0.25) is 0 Å². The first-order valence-electron chi connectivity index (χ1n) is 4.63. The van der Waals surface area contributed by atoms with Crippen molar-refractivity contribution in [3.8, 4) is 0 Å². The molecule has 0 radical (unpaired) electrons. The first-order valence-corrected chi connectivity index (χ1v) is 4.63. The molecule has 0 unspecified atom stereocenters. The quantitative estimate of drug-likeness (QED) is 0.732. The Morgan fingerprint density at radius 1 is 1.29 bits per heavy atom. The third kappa shape index (κ3) is 1.51. The Balaban J connectivity index is 2.21. The van der Waals surface area contributed by atoms with Crippen LogP contribution < -0.4 is 5.32 Å². The van der Waals surface area contributed by atoms with E-state index in [0.717, 1.165) is 5.56 Å². The van der Waals surface area contributed by atoms with Crippen molar-refractivity contribution in [1.29, 1.82) is 0 Å². The molecule has 1 fully saturated rings. The minimum Gasteiger partial charge on any atom is -0.338 e. The summed E-state index contributed by atoms with van der Waals surface area (Å²) in [6.45, 7) is 3.54. The zero-order chi connectivity index (χ0) is 10.2. The zero-order valence-corrected chi connectivity index (χ0v) is 8.28. The number of rotatable bonds is 1. The van der Waals surface area contributed by atoms with Gasteiger partial charge < -0.3 is 10.1 Å². The fourth-order valence-electron chi connectivity index (χ4n) is 1.45. The Hall–Kier alpha value is -1.35. The van der Waals surface area contributed by atoms with Crippen LogP contribution in [0.3, 0.4) is 0 Å². The number of carbonyl (C=O) groups excluding carboxylic acids is 1. The maximum absolute atomic E-state index is 11.4. The molecule has 0 aliphatic carbocycles. The van der Waals surface area contributed by atoms with Gasteiger partial charge in [-0.05, 0) is 13.8 Å². The molecule has 0 aromatic heterocycles. The molecule has 1 saturated heterocycles. The minimum absolute atomic E-state index is 0.0636. The lowest BCUT2D eigenvalue weighted by atomic mass is 10.1. The minimum atomic E-state index is -0.722. The van der Waals surface area contributed by atoms with Gasteiger partial charge in [0.15, 0.2) is 6.23 Å². The molecule has 1 aliphatic heterocycles. The van der Waals surface area contributed by atoms with Gasteiger partial charge in [0.05, 0.1) is 0 Å². The number of carbonyl (C=O) groups is 1. The summed E-state index contributed by atoms with van der Waals surface area (Å²) in [5, 5.41) is 2.80. The van der Waals surface area contributed by atoms with Crippen molar-refractivity contribution in [2.45, 2.75) is 25.7 Å². The Morgan fingerprint density at radius 2 is 1.93 bits per heavy atom. The van der Waals surface area contributed by atoms with Gasteiger partial charge in [-0.2, -0.15) is 0 Å². The molecule has 0 saturated carbocycles. The van der Waals surface area contributed by atoms with E-state index in [2.05, 4.69) is 5.32 Å². The van der Waals surface area contributed by atoms with Crippen molar-refractivity contribution >= 4 is 5.91 Å². The van der Waals surface area contributed by atoms with E-state index in [4.69, 9.17) is 4.74 Å². The molecule has 1 aliphatic rings. The van der Waals surface area contributed by atoms with Gasteiger partial charge in [0.2, 0.25) is 0 Å². The second-order valence-electron chi connectivity index (χ2n) is 3.89. The summed E-state index contributed by atoms with van der Waals surface area (Å²) in [7, 11) is 0. The van der Waals surface area contributed by atoms with Crippen LogP contribution in [-0.4, -0.2) is 11.5 Å². The highest BCUT2D eigenvalue weighted by Gasteiger charge is 2.40. The Morgan fingerprint density at radius 3 is 2.43 bits per heavy atom. The molecule has 0 bridgehead atoms. The van der Waals surface area contributed by atoms with Gasteiger partial charge in [0.25, 0.3) is 5.91 Å². The number of amides is 1. The number of benzene rings is 1. The third-order valence-corrected chi connectivity index (χ3v) is 2.32. The zero-order valence-electron chi connectivity index (χ0n) is 8.28. The molecule has 3 nitrogen and oxygen atoms in total. The highest BCUT2D eigenvalue weighted by Crippen LogP contribution is 2.28. The van der Waals surface area contributed by atoms with Crippen molar-refractivity contribution in [2.24, 2.45) is 0 Å². The van der Waals surface area contributed by atoms with Crippen LogP contribution in [0.15, 0.2) is 30.3 Å². The number of hydrogen-bond donors (Lipinski definition) is 1. The summed E-state index contributed by atoms with van der Waals surface area (Å²) < 4.78 is 5.59. The first kappa shape index (κ1) is 9.21. The summed E-state index contributed by atoms with van der Waals surface area (Å²) in [4.78, 5) is 11.4. The van der Waals surface area contributed by atoms with Gasteiger partial charge in [-0.1, -0.05) is 30.3 Å². The van der Waals surface area contributed by atoms with Crippen LogP contribution in [0.5, 0.6) is 0 Å². The molecule has 3 heteroatoms. The molecule has 1 N–H and O–H groups in total. The molecule has 1 aromatic carbocycles. The van der Waals surface area contributed by atoms with Crippen molar-refractivity contribution in [3.63, 3.8) is 0 Å². The van der Waals surface area contributed by atoms with Gasteiger partial charge in [-0.3, -0.25) is 4.79 Å². The predicted octanol–water partition coefficient (Wildman–Crippen LogP) is 1.61. The third-order valence-electron chi connectivity index (χ3n) is 2.32. The van der Waals surface area contributed by atoms with E-state index in [-0.39, 0.29) is 12.1 Å². The summed E-state index contributed by atoms with van der Waals surface area (Å²) in [6.07, 6.45) is -0.307. The molecular weight excluding hydrogens is 178 g/mol. The first-order chi connectivity index (χ1) is 6.59. The molecule has 1 aromatic rings. The lowest BCUT2D eigenvalue weighted by molar-refractivity contribution is -0.130. The van der Waals surface area contributed by atoms with E-state index in [1.807, 2.05) is 30.3 Å². The fourth-order valence-corrected chi connectivity index (χ4v) is 1.45. The van der Waals surface area contributed by atoms with Crippen LogP contribution in [0.4, 0.5) is 0 Å². The van der Waals surface area contributed by atoms with Crippen LogP contribution in [-0.2, 0) is 9.53 Å². The van der Waals surface area contributed by atoms with Gasteiger partial charge in [0.1, 0.15) is 5.60 Å². The van der Waals surface area contributed by atoms with Gasteiger partial charge in [-0.25, -0.2) is 0 Å². The van der Waals surface area contributed by atoms with E-state index in [0.29, 0.717) is 0 Å². The number of hydrogen-bond acceptors (Lipinski definition) is 2. The van der Waals surface area contributed by atoms with E-state index < -0.39 is 5.60 Å². The summed E-state index contributed by atoms with van der Waals surface area (Å²) in [5.74, 6) is -0.0636. The molecule has 2 rings (SSSR count). The van der Waals surface area contributed by atoms with E-state index in [1.165, 1.54) is 0 Å². The molecule has 1 atom stereocenters. The van der Waals surface area contributed by atoms with Crippen LogP contribution in [0, 0.1) is 0 Å². The maximum atomic E-state index is 11.4. The largest absolute Gasteiger partial charge is 0.338 e. The molecule has 0 spiro atoms. The Kier molecular flexibility index (Phi) is 2.04. The van der Waals surface area contributed by atoms with E-state index in [9.17, 15) is 4.79 Å². The maximum Gasteiger partial charge on any atom is 0.254 e. The highest BCUT2D eigenvalue weighted by molar-refractivity contribution is 5.86. The Bertz CT molecular complexity index is 346. The van der Waals surface area contributed by atoms with Crippen LogP contribution in [0.25, 0.3) is 0 Å². The predicted molar refractivity (Wildman–Crippen MR) is 52.5 cm³/mol. The smallest absolute Gasteiger partial charge is 0.254 e. The summed E-state index contributed by atoms with van der Waals surface area (Å²) >= 11 is 0. The topological polar surface area (TPSA) is 38.3 Å². The lowest BCUT2D eigenvalue weighted by Crippen LogP contribution is -2.32. The average Bonchev–Trinajstić information content (AvgIpc) is 2.43. The Labute approximate surface area is 83.1 Å².